The van der Waals surface area contributed by atoms with Crippen molar-refractivity contribution in [1.29, 1.82) is 0 Å². The van der Waals surface area contributed by atoms with Crippen LogP contribution < -0.4 is 0 Å². The van der Waals surface area contributed by atoms with Crippen molar-refractivity contribution < 1.29 is 5.11 Å². The minimum atomic E-state index is 0.0463. The number of allylic oxidation sites excluding steroid dienone is 1. The van der Waals surface area contributed by atoms with Gasteiger partial charge >= 0.3 is 0 Å². The van der Waals surface area contributed by atoms with E-state index in [0.29, 0.717) is 0 Å². The van der Waals surface area contributed by atoms with Gasteiger partial charge in [0.25, 0.3) is 0 Å². The van der Waals surface area contributed by atoms with E-state index in [2.05, 4.69) is 12.3 Å². The average Bonchev–Trinajstić information content (AvgIpc) is 1.82. The fraction of sp³-hybridized carbons (Fsp3) is 0.375. The Morgan fingerprint density at radius 1 is 1.67 bits per heavy atom. The van der Waals surface area contributed by atoms with Crippen LogP contribution in [0.4, 0.5) is 0 Å². The molecule has 1 N–H and O–H groups in total. The van der Waals surface area contributed by atoms with E-state index in [0.717, 1.165) is 11.1 Å². The summed E-state index contributed by atoms with van der Waals surface area (Å²) in [6.45, 7) is 7.57. The standard InChI is InChI=1S/C8H12O/c1-7(2)8(3)5-4-6-9/h4,9H,1,6H2,2-3H3. The number of aliphatic hydroxyl groups is 1. The largest absolute Gasteiger partial charge is 0.392 e. The molecule has 0 rings (SSSR count). The summed E-state index contributed by atoms with van der Waals surface area (Å²) in [6, 6.07) is 0. The average molecular weight is 124 g/mol. The second-order valence-electron chi connectivity index (χ2n) is 1.94. The normalized spacial score (nSPS) is 7.89. The highest BCUT2D eigenvalue weighted by Crippen LogP contribution is 2.00. The van der Waals surface area contributed by atoms with Crippen LogP contribution in [0.3, 0.4) is 0 Å². The van der Waals surface area contributed by atoms with Crippen LogP contribution in [-0.2, 0) is 0 Å². The monoisotopic (exact) mass is 124 g/mol. The molecule has 0 spiro atoms. The number of hydrogen-bond acceptors (Lipinski definition) is 1. The lowest BCUT2D eigenvalue weighted by Crippen LogP contribution is -1.73. The molecule has 1 nitrogen and oxygen atoms in total. The summed E-state index contributed by atoms with van der Waals surface area (Å²) in [5.41, 5.74) is 4.85. The Kier molecular flexibility index (Phi) is 3.78. The summed E-state index contributed by atoms with van der Waals surface area (Å²) in [5.74, 6) is 0. The molecule has 0 bridgehead atoms. The quantitative estimate of drug-likeness (QED) is 0.438. The molecular weight excluding hydrogens is 112 g/mol. The third kappa shape index (κ3) is 3.77. The molecule has 0 aromatic rings. The molecule has 0 fully saturated rings. The Bertz CT molecular complexity index is 159. The van der Waals surface area contributed by atoms with Gasteiger partial charge in [-0.1, -0.05) is 6.58 Å². The molecule has 0 amide bonds. The van der Waals surface area contributed by atoms with Crippen LogP contribution in [0.5, 0.6) is 0 Å². The second kappa shape index (κ2) is 4.13. The lowest BCUT2D eigenvalue weighted by Gasteiger charge is -1.89. The van der Waals surface area contributed by atoms with Gasteiger partial charge in [-0.25, -0.2) is 0 Å². The topological polar surface area (TPSA) is 20.2 Å². The van der Waals surface area contributed by atoms with Gasteiger partial charge in [0.2, 0.25) is 0 Å². The van der Waals surface area contributed by atoms with Gasteiger partial charge in [-0.2, -0.15) is 0 Å². The first-order chi connectivity index (χ1) is 4.18. The first-order valence-electron chi connectivity index (χ1n) is 2.87. The Balaban J connectivity index is 4.16. The molecule has 0 unspecified atom stereocenters. The number of hydrogen-bond donors (Lipinski definition) is 1. The highest BCUT2D eigenvalue weighted by atomic mass is 16.2. The molecule has 0 saturated carbocycles. The Hall–Kier alpha value is -0.780. The lowest BCUT2D eigenvalue weighted by molar-refractivity contribution is 0.343. The van der Waals surface area contributed by atoms with Crippen LogP contribution in [0.2, 0.25) is 0 Å². The molecule has 0 aliphatic carbocycles. The molecule has 0 radical (unpaired) electrons. The van der Waals surface area contributed by atoms with Crippen molar-refractivity contribution in [1.82, 2.24) is 0 Å². The zero-order valence-corrected chi connectivity index (χ0v) is 5.94. The Morgan fingerprint density at radius 2 is 2.22 bits per heavy atom. The maximum Gasteiger partial charge on any atom is 0.0686 e. The first-order valence-corrected chi connectivity index (χ1v) is 2.87. The fourth-order valence-corrected chi connectivity index (χ4v) is 0.322. The van der Waals surface area contributed by atoms with E-state index in [-0.39, 0.29) is 6.61 Å². The van der Waals surface area contributed by atoms with Gasteiger partial charge < -0.3 is 5.11 Å². The fourth-order valence-electron chi connectivity index (χ4n) is 0.322. The van der Waals surface area contributed by atoms with E-state index in [9.17, 15) is 0 Å². The van der Waals surface area contributed by atoms with Gasteiger partial charge in [0.05, 0.1) is 6.61 Å². The van der Waals surface area contributed by atoms with E-state index in [4.69, 9.17) is 5.11 Å². The van der Waals surface area contributed by atoms with E-state index in [1.165, 1.54) is 0 Å². The minimum absolute atomic E-state index is 0.0463. The molecule has 0 atom stereocenters. The van der Waals surface area contributed by atoms with Crippen molar-refractivity contribution in [2.75, 3.05) is 6.61 Å². The van der Waals surface area contributed by atoms with Crippen LogP contribution in [-0.4, -0.2) is 11.7 Å². The summed E-state index contributed by atoms with van der Waals surface area (Å²) < 4.78 is 0. The molecule has 0 aromatic heterocycles. The molecule has 0 aromatic carbocycles. The SMILES string of the molecule is C=C(C)C(C)=C=CCO. The Labute approximate surface area is 56.0 Å². The van der Waals surface area contributed by atoms with Crippen molar-refractivity contribution in [2.45, 2.75) is 13.8 Å². The third-order valence-corrected chi connectivity index (χ3v) is 1.05. The van der Waals surface area contributed by atoms with Gasteiger partial charge in [0, 0.05) is 0 Å². The maximum atomic E-state index is 8.34. The van der Waals surface area contributed by atoms with E-state index < -0.39 is 0 Å². The summed E-state index contributed by atoms with van der Waals surface area (Å²) in [6.07, 6.45) is 1.57. The highest BCUT2D eigenvalue weighted by Gasteiger charge is 1.82. The summed E-state index contributed by atoms with van der Waals surface area (Å²) >= 11 is 0. The van der Waals surface area contributed by atoms with E-state index in [1.54, 1.807) is 6.08 Å². The zero-order valence-electron chi connectivity index (χ0n) is 5.94. The zero-order chi connectivity index (χ0) is 7.28. The molecule has 0 aliphatic rings. The van der Waals surface area contributed by atoms with Crippen LogP contribution in [0.1, 0.15) is 13.8 Å². The van der Waals surface area contributed by atoms with Crippen molar-refractivity contribution in [2.24, 2.45) is 0 Å². The highest BCUT2D eigenvalue weighted by molar-refractivity contribution is 5.22. The number of rotatable bonds is 2. The van der Waals surface area contributed by atoms with Crippen LogP contribution >= 0.6 is 0 Å². The van der Waals surface area contributed by atoms with E-state index >= 15 is 0 Å². The predicted octanol–water partition coefficient (Wildman–Crippen LogP) is 1.66. The van der Waals surface area contributed by atoms with Crippen molar-refractivity contribution in [3.63, 3.8) is 0 Å². The first kappa shape index (κ1) is 8.22. The summed E-state index contributed by atoms with van der Waals surface area (Å²) in [5, 5.41) is 8.34. The molecule has 9 heavy (non-hydrogen) atoms. The molecular formula is C8H12O. The summed E-state index contributed by atoms with van der Waals surface area (Å²) in [7, 11) is 0. The lowest BCUT2D eigenvalue weighted by atomic mass is 10.2. The molecule has 0 heterocycles. The van der Waals surface area contributed by atoms with Crippen molar-refractivity contribution in [3.05, 3.63) is 29.5 Å². The minimum Gasteiger partial charge on any atom is -0.392 e. The smallest absolute Gasteiger partial charge is 0.0686 e. The van der Waals surface area contributed by atoms with Gasteiger partial charge in [-0.05, 0) is 31.1 Å². The van der Waals surface area contributed by atoms with Gasteiger partial charge in [-0.15, -0.1) is 5.73 Å². The van der Waals surface area contributed by atoms with Crippen molar-refractivity contribution in [3.8, 4) is 0 Å². The van der Waals surface area contributed by atoms with Crippen LogP contribution in [0.15, 0.2) is 29.5 Å². The Morgan fingerprint density at radius 3 is 2.56 bits per heavy atom. The third-order valence-electron chi connectivity index (χ3n) is 1.05. The summed E-state index contributed by atoms with van der Waals surface area (Å²) in [4.78, 5) is 0. The molecule has 0 aliphatic heterocycles. The predicted molar refractivity (Wildman–Crippen MR) is 39.2 cm³/mol. The molecule has 0 saturated heterocycles. The van der Waals surface area contributed by atoms with Crippen LogP contribution in [0, 0.1) is 0 Å². The number of aliphatic hydroxyl groups excluding tert-OH is 1. The van der Waals surface area contributed by atoms with Gasteiger partial charge in [0.15, 0.2) is 0 Å². The van der Waals surface area contributed by atoms with E-state index in [1.807, 2.05) is 13.8 Å². The van der Waals surface area contributed by atoms with Gasteiger partial charge in [0.1, 0.15) is 0 Å². The molecule has 1 heteroatoms. The second-order valence-corrected chi connectivity index (χ2v) is 1.94. The molecule has 50 valence electrons. The maximum absolute atomic E-state index is 8.34. The van der Waals surface area contributed by atoms with Gasteiger partial charge in [-0.3, -0.25) is 0 Å². The van der Waals surface area contributed by atoms with Crippen molar-refractivity contribution >= 4 is 0 Å². The van der Waals surface area contributed by atoms with Crippen LogP contribution in [0.25, 0.3) is 0 Å².